The van der Waals surface area contributed by atoms with Crippen molar-refractivity contribution in [1.29, 1.82) is 0 Å². The van der Waals surface area contributed by atoms with Crippen molar-refractivity contribution < 1.29 is 27.9 Å². The highest BCUT2D eigenvalue weighted by molar-refractivity contribution is 7.92. The summed E-state index contributed by atoms with van der Waals surface area (Å²) < 4.78 is 34.9. The minimum Gasteiger partial charge on any atom is -0.490 e. The number of nitrogens with one attached hydrogen (secondary N) is 1. The molecule has 2 heterocycles. The van der Waals surface area contributed by atoms with Gasteiger partial charge in [0.25, 0.3) is 11.5 Å². The van der Waals surface area contributed by atoms with E-state index in [0.717, 1.165) is 18.2 Å². The van der Waals surface area contributed by atoms with Crippen molar-refractivity contribution in [2.24, 2.45) is 0 Å². The van der Waals surface area contributed by atoms with Gasteiger partial charge < -0.3 is 14.0 Å². The molecule has 1 atom stereocenters. The van der Waals surface area contributed by atoms with E-state index in [4.69, 9.17) is 14.7 Å². The number of amides is 1. The number of aryl methyl sites for hydroxylation is 1. The van der Waals surface area contributed by atoms with Crippen LogP contribution in [-0.2, 0) is 21.2 Å². The molecule has 0 bridgehead atoms. The molecule has 0 saturated carbocycles. The molecule has 0 radical (unpaired) electrons. The van der Waals surface area contributed by atoms with Gasteiger partial charge in [-0.3, -0.25) is 14.8 Å². The number of sulfone groups is 1. The Morgan fingerprint density at radius 3 is 2.47 bits per heavy atom. The average Bonchev–Trinajstić information content (AvgIpc) is 2.95. The van der Waals surface area contributed by atoms with E-state index in [1.807, 2.05) is 12.1 Å². The van der Waals surface area contributed by atoms with Crippen molar-refractivity contribution in [2.75, 3.05) is 19.5 Å². The molecular weight excluding hydrogens is 412 g/mol. The van der Waals surface area contributed by atoms with Crippen molar-refractivity contribution in [3.63, 3.8) is 0 Å². The topological polar surface area (TPSA) is 124 Å². The summed E-state index contributed by atoms with van der Waals surface area (Å²) in [4.78, 5) is 24.5. The van der Waals surface area contributed by atoms with E-state index in [1.165, 1.54) is 23.0 Å². The zero-order chi connectivity index (χ0) is 21.9. The number of ether oxygens (including phenoxy) is 2. The average molecular weight is 436 g/mol. The number of pyridine rings is 1. The molecule has 2 aromatic rings. The third-order valence-electron chi connectivity index (χ3n) is 5.31. The summed E-state index contributed by atoms with van der Waals surface area (Å²) in [7, 11) is -3.83. The lowest BCUT2D eigenvalue weighted by Gasteiger charge is -2.25. The second-order valence-electron chi connectivity index (χ2n) is 7.35. The van der Waals surface area contributed by atoms with Crippen LogP contribution in [0.15, 0.2) is 41.3 Å². The number of hydrogen-bond donors (Lipinski definition) is 2. The first-order valence-corrected chi connectivity index (χ1v) is 11.3. The molecule has 0 spiro atoms. The van der Waals surface area contributed by atoms with Crippen LogP contribution >= 0.6 is 0 Å². The van der Waals surface area contributed by atoms with Crippen LogP contribution in [0.3, 0.4) is 0 Å². The maximum Gasteiger partial charge on any atom is 0.264 e. The summed E-state index contributed by atoms with van der Waals surface area (Å²) in [6.07, 6.45) is 3.07. The van der Waals surface area contributed by atoms with Crippen LogP contribution in [0.1, 0.15) is 19.8 Å². The number of benzene rings is 1. The van der Waals surface area contributed by atoms with E-state index < -0.39 is 20.5 Å². The third kappa shape index (κ3) is 4.34. The Hall–Kier alpha value is -2.85. The number of aromatic nitrogens is 1. The molecule has 1 amide bonds. The molecule has 0 unspecified atom stereocenters. The molecule has 30 heavy (non-hydrogen) atoms. The summed E-state index contributed by atoms with van der Waals surface area (Å²) in [6.45, 7) is 2.34. The molecule has 162 valence electrons. The number of carbonyl (C=O) groups is 1. The number of fused-ring (bicyclic) bond motifs is 1. The summed E-state index contributed by atoms with van der Waals surface area (Å²) >= 11 is 0. The molecule has 1 aromatic heterocycles. The zero-order valence-corrected chi connectivity index (χ0v) is 17.6. The standard InChI is InChI=1S/C20H24N2O7S/c1-20(19(24)21-25,30(2,26)27)7-9-22-8-6-15(13-18(22)23)14-4-5-16-17(12-14)29-11-3-10-28-16/h4-6,8,12-13,25H,3,7,9-11H2,1-2H3,(H,21,24)/t20-/m1/s1. The van der Waals surface area contributed by atoms with Gasteiger partial charge in [0.1, 0.15) is 0 Å². The smallest absolute Gasteiger partial charge is 0.264 e. The van der Waals surface area contributed by atoms with Crippen LogP contribution in [0, 0.1) is 0 Å². The summed E-state index contributed by atoms with van der Waals surface area (Å²) in [5, 5.41) is 8.90. The zero-order valence-electron chi connectivity index (χ0n) is 16.8. The number of nitrogens with zero attached hydrogens (tertiary/aromatic N) is 1. The first-order valence-electron chi connectivity index (χ1n) is 9.40. The molecule has 1 aliphatic rings. The Labute approximate surface area is 174 Å². The Morgan fingerprint density at radius 1 is 1.17 bits per heavy atom. The van der Waals surface area contributed by atoms with Gasteiger partial charge in [-0.05, 0) is 42.7 Å². The van der Waals surface area contributed by atoms with Crippen LogP contribution in [0.2, 0.25) is 0 Å². The lowest BCUT2D eigenvalue weighted by Crippen LogP contribution is -2.49. The van der Waals surface area contributed by atoms with Crippen LogP contribution < -0.4 is 20.5 Å². The molecule has 0 aliphatic carbocycles. The summed E-state index contributed by atoms with van der Waals surface area (Å²) in [5.41, 5.74) is 2.50. The SMILES string of the molecule is C[C@@](CCn1ccc(-c2ccc3c(c2)OCCCO3)cc1=O)(C(=O)NO)S(C)(=O)=O. The number of hydrogen-bond acceptors (Lipinski definition) is 7. The van der Waals surface area contributed by atoms with E-state index in [2.05, 4.69) is 0 Å². The minimum atomic E-state index is -3.83. The predicted molar refractivity (Wildman–Crippen MR) is 110 cm³/mol. The highest BCUT2D eigenvalue weighted by Crippen LogP contribution is 2.33. The maximum atomic E-state index is 12.6. The first-order chi connectivity index (χ1) is 14.2. The van der Waals surface area contributed by atoms with Gasteiger partial charge in [-0.25, -0.2) is 13.9 Å². The third-order valence-corrected chi connectivity index (χ3v) is 7.33. The lowest BCUT2D eigenvalue weighted by molar-refractivity contribution is -0.131. The largest absolute Gasteiger partial charge is 0.490 e. The van der Waals surface area contributed by atoms with Gasteiger partial charge in [0, 0.05) is 31.5 Å². The molecule has 3 rings (SSSR count). The fraction of sp³-hybridized carbons (Fsp3) is 0.400. The second kappa shape index (κ2) is 8.49. The van der Waals surface area contributed by atoms with Gasteiger partial charge in [0.2, 0.25) is 0 Å². The molecule has 2 N–H and O–H groups in total. The molecule has 0 saturated heterocycles. The highest BCUT2D eigenvalue weighted by Gasteiger charge is 2.43. The van der Waals surface area contributed by atoms with E-state index in [1.54, 1.807) is 18.3 Å². The normalized spacial score (nSPS) is 15.7. The van der Waals surface area contributed by atoms with Gasteiger partial charge in [-0.15, -0.1) is 0 Å². The van der Waals surface area contributed by atoms with Gasteiger partial charge in [-0.2, -0.15) is 0 Å². The minimum absolute atomic E-state index is 0.0166. The van der Waals surface area contributed by atoms with Gasteiger partial charge in [0.15, 0.2) is 26.1 Å². The molecule has 0 fully saturated rings. The molecule has 1 aliphatic heterocycles. The Kier molecular flexibility index (Phi) is 6.18. The van der Waals surface area contributed by atoms with E-state index in [-0.39, 0.29) is 18.5 Å². The summed E-state index contributed by atoms with van der Waals surface area (Å²) in [5.74, 6) is 0.238. The Morgan fingerprint density at radius 2 is 1.83 bits per heavy atom. The maximum absolute atomic E-state index is 12.6. The van der Waals surface area contributed by atoms with Crippen molar-refractivity contribution in [2.45, 2.75) is 31.1 Å². The molecule has 10 heteroatoms. The van der Waals surface area contributed by atoms with Crippen molar-refractivity contribution >= 4 is 15.7 Å². The van der Waals surface area contributed by atoms with Crippen LogP contribution in [0.4, 0.5) is 0 Å². The summed E-state index contributed by atoms with van der Waals surface area (Å²) in [6, 6.07) is 8.60. The van der Waals surface area contributed by atoms with Gasteiger partial charge >= 0.3 is 0 Å². The predicted octanol–water partition coefficient (Wildman–Crippen LogP) is 1.38. The lowest BCUT2D eigenvalue weighted by atomic mass is 10.1. The number of hydroxylamine groups is 1. The monoisotopic (exact) mass is 436 g/mol. The van der Waals surface area contributed by atoms with Crippen molar-refractivity contribution in [1.82, 2.24) is 10.0 Å². The highest BCUT2D eigenvalue weighted by atomic mass is 32.2. The number of rotatable bonds is 6. The van der Waals surface area contributed by atoms with E-state index in [0.29, 0.717) is 30.3 Å². The van der Waals surface area contributed by atoms with E-state index in [9.17, 15) is 18.0 Å². The fourth-order valence-electron chi connectivity index (χ4n) is 3.13. The van der Waals surface area contributed by atoms with Crippen LogP contribution in [0.5, 0.6) is 11.5 Å². The van der Waals surface area contributed by atoms with E-state index >= 15 is 0 Å². The van der Waals surface area contributed by atoms with Gasteiger partial charge in [-0.1, -0.05) is 6.07 Å². The Bertz CT molecular complexity index is 1110. The van der Waals surface area contributed by atoms with Gasteiger partial charge in [0.05, 0.1) is 13.2 Å². The fourth-order valence-corrected chi connectivity index (χ4v) is 3.98. The first kappa shape index (κ1) is 21.8. The second-order valence-corrected chi connectivity index (χ2v) is 9.80. The Balaban J connectivity index is 1.83. The van der Waals surface area contributed by atoms with Crippen LogP contribution in [-0.4, -0.2) is 48.3 Å². The molecule has 1 aromatic carbocycles. The number of carbonyl (C=O) groups excluding carboxylic acids is 1. The van der Waals surface area contributed by atoms with Crippen LogP contribution in [0.25, 0.3) is 11.1 Å². The quantitative estimate of drug-likeness (QED) is 0.518. The van der Waals surface area contributed by atoms with Crippen molar-refractivity contribution in [3.05, 3.63) is 46.9 Å². The van der Waals surface area contributed by atoms with Crippen molar-refractivity contribution in [3.8, 4) is 22.6 Å². The molecule has 9 nitrogen and oxygen atoms in total. The molecular formula is C20H24N2O7S.